The summed E-state index contributed by atoms with van der Waals surface area (Å²) in [4.78, 5) is 15.6. The van der Waals surface area contributed by atoms with Crippen LogP contribution >= 0.6 is 0 Å². The first kappa shape index (κ1) is 15.1. The van der Waals surface area contributed by atoms with E-state index >= 15 is 0 Å². The van der Waals surface area contributed by atoms with Crippen LogP contribution in [0.4, 0.5) is 0 Å². The van der Waals surface area contributed by atoms with E-state index in [9.17, 15) is 4.79 Å². The highest BCUT2D eigenvalue weighted by Gasteiger charge is 2.41. The molecule has 5 heteroatoms. The molecule has 1 aromatic heterocycles. The maximum absolute atomic E-state index is 13.5. The van der Waals surface area contributed by atoms with Crippen LogP contribution in [-0.2, 0) is 0 Å². The maximum atomic E-state index is 13.5. The normalized spacial score (nSPS) is 25.8. The first-order chi connectivity index (χ1) is 12.3. The number of hydrogen-bond acceptors (Lipinski definition) is 3. The third-order valence-corrected chi connectivity index (χ3v) is 5.89. The molecule has 0 radical (unpaired) electrons. The average molecular weight is 336 g/mol. The second kappa shape index (κ2) is 5.99. The summed E-state index contributed by atoms with van der Waals surface area (Å²) < 4.78 is 1.99. The minimum absolute atomic E-state index is 0.195. The number of carbonyl (C=O) groups excluding carboxylic acids is 1. The SMILES string of the molecule is O=C(c1cnn(-c2ccccc2)c1C1CC1)N1C2CCNCC1CC2. The van der Waals surface area contributed by atoms with Crippen molar-refractivity contribution in [1.29, 1.82) is 0 Å². The van der Waals surface area contributed by atoms with E-state index in [4.69, 9.17) is 0 Å². The van der Waals surface area contributed by atoms with Gasteiger partial charge >= 0.3 is 0 Å². The molecule has 2 aliphatic heterocycles. The highest BCUT2D eigenvalue weighted by Crippen LogP contribution is 2.43. The zero-order chi connectivity index (χ0) is 16.8. The fourth-order valence-corrected chi connectivity index (χ4v) is 4.50. The Hall–Kier alpha value is -2.14. The van der Waals surface area contributed by atoms with Crippen LogP contribution in [-0.4, -0.2) is 45.8 Å². The van der Waals surface area contributed by atoms with Crippen molar-refractivity contribution in [2.24, 2.45) is 0 Å². The number of carbonyl (C=O) groups is 1. The molecule has 2 aromatic rings. The number of rotatable bonds is 3. The van der Waals surface area contributed by atoms with Gasteiger partial charge in [-0.3, -0.25) is 4.79 Å². The highest BCUT2D eigenvalue weighted by molar-refractivity contribution is 5.96. The van der Waals surface area contributed by atoms with Gasteiger partial charge in [-0.05, 0) is 50.8 Å². The highest BCUT2D eigenvalue weighted by atomic mass is 16.2. The van der Waals surface area contributed by atoms with E-state index in [1.807, 2.05) is 22.9 Å². The molecule has 0 spiro atoms. The number of aromatic nitrogens is 2. The first-order valence-electron chi connectivity index (χ1n) is 9.49. The van der Waals surface area contributed by atoms with E-state index in [1.165, 1.54) is 0 Å². The third kappa shape index (κ3) is 2.58. The Kier molecular flexibility index (Phi) is 3.63. The number of nitrogens with zero attached hydrogens (tertiary/aromatic N) is 3. The number of benzene rings is 1. The second-order valence-electron chi connectivity index (χ2n) is 7.56. The topological polar surface area (TPSA) is 50.2 Å². The van der Waals surface area contributed by atoms with E-state index in [0.29, 0.717) is 18.0 Å². The van der Waals surface area contributed by atoms with E-state index in [1.54, 1.807) is 6.20 Å². The summed E-state index contributed by atoms with van der Waals surface area (Å²) in [6, 6.07) is 10.9. The fourth-order valence-electron chi connectivity index (χ4n) is 4.50. The largest absolute Gasteiger partial charge is 0.331 e. The van der Waals surface area contributed by atoms with Gasteiger partial charge in [-0.1, -0.05) is 18.2 Å². The average Bonchev–Trinajstić information content (AvgIpc) is 3.29. The Morgan fingerprint density at radius 3 is 2.64 bits per heavy atom. The predicted octanol–water partition coefficient (Wildman–Crippen LogP) is 2.72. The molecule has 5 nitrogen and oxygen atoms in total. The van der Waals surface area contributed by atoms with Gasteiger partial charge in [0.15, 0.2) is 0 Å². The summed E-state index contributed by atoms with van der Waals surface area (Å²) in [6.07, 6.45) is 7.45. The van der Waals surface area contributed by atoms with Crippen LogP contribution in [0.5, 0.6) is 0 Å². The number of para-hydroxylation sites is 1. The lowest BCUT2D eigenvalue weighted by Crippen LogP contribution is -2.42. The number of fused-ring (bicyclic) bond motifs is 2. The Bertz CT molecular complexity index is 766. The molecule has 3 fully saturated rings. The number of nitrogens with one attached hydrogen (secondary N) is 1. The molecule has 2 bridgehead atoms. The molecule has 130 valence electrons. The standard InChI is InChI=1S/C20H24N4O/c25-20(23-15-8-9-17(23)12-21-11-10-15)18-13-22-24(19(18)14-6-7-14)16-4-2-1-3-5-16/h1-5,13-15,17,21H,6-12H2. The number of hydrogen-bond donors (Lipinski definition) is 1. The van der Waals surface area contributed by atoms with Gasteiger partial charge in [0, 0.05) is 24.5 Å². The van der Waals surface area contributed by atoms with Crippen molar-refractivity contribution in [2.45, 2.75) is 50.1 Å². The maximum Gasteiger partial charge on any atom is 0.257 e. The molecule has 1 N–H and O–H groups in total. The van der Waals surface area contributed by atoms with Gasteiger partial charge in [0.05, 0.1) is 23.1 Å². The zero-order valence-corrected chi connectivity index (χ0v) is 14.4. The molecule has 25 heavy (non-hydrogen) atoms. The molecule has 1 amide bonds. The molecule has 1 saturated carbocycles. The molecule has 1 aromatic carbocycles. The van der Waals surface area contributed by atoms with Gasteiger partial charge in [0.1, 0.15) is 0 Å². The fraction of sp³-hybridized carbons (Fsp3) is 0.500. The van der Waals surface area contributed by atoms with Crippen LogP contribution in [0.15, 0.2) is 36.5 Å². The van der Waals surface area contributed by atoms with Gasteiger partial charge in [-0.25, -0.2) is 4.68 Å². The second-order valence-corrected chi connectivity index (χ2v) is 7.56. The smallest absolute Gasteiger partial charge is 0.257 e. The summed E-state index contributed by atoms with van der Waals surface area (Å²) in [5.41, 5.74) is 2.99. The summed E-state index contributed by atoms with van der Waals surface area (Å²) >= 11 is 0. The Labute approximate surface area is 148 Å². The van der Waals surface area contributed by atoms with Crippen LogP contribution in [0.2, 0.25) is 0 Å². The molecule has 1 aliphatic carbocycles. The van der Waals surface area contributed by atoms with Crippen molar-refractivity contribution < 1.29 is 4.79 Å². The molecular formula is C20H24N4O. The van der Waals surface area contributed by atoms with Crippen molar-refractivity contribution >= 4 is 5.91 Å². The van der Waals surface area contributed by atoms with Crippen LogP contribution in [0, 0.1) is 0 Å². The van der Waals surface area contributed by atoms with Gasteiger partial charge < -0.3 is 10.2 Å². The van der Waals surface area contributed by atoms with Crippen LogP contribution < -0.4 is 5.32 Å². The first-order valence-corrected chi connectivity index (χ1v) is 9.49. The van der Waals surface area contributed by atoms with Crippen LogP contribution in [0.1, 0.15) is 54.1 Å². The van der Waals surface area contributed by atoms with Crippen molar-refractivity contribution in [1.82, 2.24) is 20.0 Å². The van der Waals surface area contributed by atoms with Gasteiger partial charge in [-0.2, -0.15) is 5.10 Å². The van der Waals surface area contributed by atoms with E-state index in [2.05, 4.69) is 27.4 Å². The summed E-state index contributed by atoms with van der Waals surface area (Å²) in [5.74, 6) is 0.671. The summed E-state index contributed by atoms with van der Waals surface area (Å²) in [5, 5.41) is 8.09. The Balaban J connectivity index is 1.54. The van der Waals surface area contributed by atoms with Crippen molar-refractivity contribution in [3.8, 4) is 5.69 Å². The van der Waals surface area contributed by atoms with Crippen molar-refractivity contribution in [3.63, 3.8) is 0 Å². The van der Waals surface area contributed by atoms with E-state index in [0.717, 1.165) is 62.1 Å². The molecule has 3 aliphatic rings. The van der Waals surface area contributed by atoms with Crippen molar-refractivity contribution in [2.75, 3.05) is 13.1 Å². The lowest BCUT2D eigenvalue weighted by molar-refractivity contribution is 0.0679. The summed E-state index contributed by atoms with van der Waals surface area (Å²) in [7, 11) is 0. The van der Waals surface area contributed by atoms with Gasteiger partial charge in [0.25, 0.3) is 5.91 Å². The van der Waals surface area contributed by atoms with Crippen LogP contribution in [0.3, 0.4) is 0 Å². The lowest BCUT2D eigenvalue weighted by Gasteiger charge is -2.28. The van der Waals surface area contributed by atoms with E-state index < -0.39 is 0 Å². The summed E-state index contributed by atoms with van der Waals surface area (Å²) in [6.45, 7) is 1.94. The molecule has 2 unspecified atom stereocenters. The van der Waals surface area contributed by atoms with Gasteiger partial charge in [-0.15, -0.1) is 0 Å². The molecule has 3 heterocycles. The van der Waals surface area contributed by atoms with Crippen LogP contribution in [0.25, 0.3) is 5.69 Å². The predicted molar refractivity (Wildman–Crippen MR) is 96.0 cm³/mol. The number of amides is 1. The quantitative estimate of drug-likeness (QED) is 0.938. The third-order valence-electron chi connectivity index (χ3n) is 5.89. The molecule has 2 saturated heterocycles. The van der Waals surface area contributed by atoms with E-state index in [-0.39, 0.29) is 5.91 Å². The monoisotopic (exact) mass is 336 g/mol. The minimum Gasteiger partial charge on any atom is -0.331 e. The minimum atomic E-state index is 0.195. The van der Waals surface area contributed by atoms with Gasteiger partial charge in [0.2, 0.25) is 0 Å². The zero-order valence-electron chi connectivity index (χ0n) is 14.4. The lowest BCUT2D eigenvalue weighted by atomic mass is 10.1. The Morgan fingerprint density at radius 2 is 1.84 bits per heavy atom. The van der Waals surface area contributed by atoms with Crippen molar-refractivity contribution in [3.05, 3.63) is 47.8 Å². The molecule has 5 rings (SSSR count). The Morgan fingerprint density at radius 1 is 1.04 bits per heavy atom. The molecular weight excluding hydrogens is 312 g/mol. The molecule has 2 atom stereocenters.